The molecule has 22 heavy (non-hydrogen) atoms. The van der Waals surface area contributed by atoms with Crippen LogP contribution in [0.2, 0.25) is 0 Å². The van der Waals surface area contributed by atoms with Crippen LogP contribution in [0.25, 0.3) is 0 Å². The van der Waals surface area contributed by atoms with E-state index in [1.165, 1.54) is 11.8 Å². The number of nitrogens with one attached hydrogen (secondary N) is 1. The molecule has 7 nitrogen and oxygen atoms in total. The van der Waals surface area contributed by atoms with Crippen LogP contribution in [0.3, 0.4) is 0 Å². The number of ether oxygens (including phenoxy) is 3. The van der Waals surface area contributed by atoms with E-state index < -0.39 is 0 Å². The zero-order valence-electron chi connectivity index (χ0n) is 12.8. The van der Waals surface area contributed by atoms with Gasteiger partial charge in [-0.05, 0) is 12.1 Å². The summed E-state index contributed by atoms with van der Waals surface area (Å²) in [5.41, 5.74) is 0.682. The number of carbonyl (C=O) groups is 2. The molecule has 0 saturated carbocycles. The van der Waals surface area contributed by atoms with Crippen molar-refractivity contribution in [2.75, 3.05) is 38.5 Å². The summed E-state index contributed by atoms with van der Waals surface area (Å²) in [5.74, 6) is 1.01. The van der Waals surface area contributed by atoms with E-state index >= 15 is 0 Å². The van der Waals surface area contributed by atoms with Gasteiger partial charge in [0.1, 0.15) is 0 Å². The van der Waals surface area contributed by atoms with Gasteiger partial charge in [-0.1, -0.05) is 0 Å². The van der Waals surface area contributed by atoms with Crippen LogP contribution in [0.15, 0.2) is 18.2 Å². The second kappa shape index (κ2) is 7.65. The number of methoxy groups -OCH3 is 1. The van der Waals surface area contributed by atoms with Gasteiger partial charge in [0.15, 0.2) is 11.5 Å². The van der Waals surface area contributed by atoms with Gasteiger partial charge in [0, 0.05) is 45.3 Å². The molecule has 0 fully saturated rings. The molecule has 1 aromatic carbocycles. The van der Waals surface area contributed by atoms with Gasteiger partial charge in [-0.15, -0.1) is 0 Å². The molecule has 7 heteroatoms. The number of amides is 2. The van der Waals surface area contributed by atoms with Gasteiger partial charge in [-0.25, -0.2) is 0 Å². The largest absolute Gasteiger partial charge is 0.454 e. The molecular weight excluding hydrogens is 288 g/mol. The lowest BCUT2D eigenvalue weighted by atomic mass is 10.2. The van der Waals surface area contributed by atoms with Gasteiger partial charge in [0.2, 0.25) is 18.6 Å². The van der Waals surface area contributed by atoms with E-state index in [1.807, 2.05) is 0 Å². The zero-order valence-corrected chi connectivity index (χ0v) is 12.8. The summed E-state index contributed by atoms with van der Waals surface area (Å²) in [7, 11) is 1.57. The van der Waals surface area contributed by atoms with Crippen LogP contribution in [0.4, 0.5) is 5.69 Å². The molecule has 0 aliphatic carbocycles. The monoisotopic (exact) mass is 308 g/mol. The van der Waals surface area contributed by atoms with Crippen LogP contribution < -0.4 is 19.7 Å². The molecule has 0 spiro atoms. The number of hydrogen-bond donors (Lipinski definition) is 1. The summed E-state index contributed by atoms with van der Waals surface area (Å²) in [4.78, 5) is 25.1. The number of nitrogens with zero attached hydrogens (tertiary/aromatic N) is 1. The number of benzene rings is 1. The highest BCUT2D eigenvalue weighted by atomic mass is 16.7. The van der Waals surface area contributed by atoms with Crippen molar-refractivity contribution in [2.45, 2.75) is 13.3 Å². The lowest BCUT2D eigenvalue weighted by molar-refractivity contribution is -0.121. The Morgan fingerprint density at radius 3 is 2.82 bits per heavy atom. The predicted molar refractivity (Wildman–Crippen MR) is 80.1 cm³/mol. The summed E-state index contributed by atoms with van der Waals surface area (Å²) in [6.45, 7) is 2.87. The molecule has 0 bridgehead atoms. The fourth-order valence-corrected chi connectivity index (χ4v) is 2.12. The van der Waals surface area contributed by atoms with Gasteiger partial charge in [-0.2, -0.15) is 0 Å². The van der Waals surface area contributed by atoms with E-state index in [9.17, 15) is 9.59 Å². The van der Waals surface area contributed by atoms with E-state index in [0.29, 0.717) is 36.9 Å². The number of hydrogen-bond acceptors (Lipinski definition) is 5. The number of carbonyl (C=O) groups excluding carboxylic acids is 2. The molecule has 0 aromatic heterocycles. The first-order valence-electron chi connectivity index (χ1n) is 7.05. The average Bonchev–Trinajstić information content (AvgIpc) is 2.95. The highest BCUT2D eigenvalue weighted by Gasteiger charge is 2.18. The smallest absolute Gasteiger partial charge is 0.231 e. The second-order valence-corrected chi connectivity index (χ2v) is 4.80. The van der Waals surface area contributed by atoms with Crippen LogP contribution in [0.1, 0.15) is 13.3 Å². The molecule has 1 aliphatic heterocycles. The zero-order chi connectivity index (χ0) is 15.9. The van der Waals surface area contributed by atoms with Crippen molar-refractivity contribution in [2.24, 2.45) is 0 Å². The summed E-state index contributed by atoms with van der Waals surface area (Å²) >= 11 is 0. The van der Waals surface area contributed by atoms with Crippen molar-refractivity contribution in [3.63, 3.8) is 0 Å². The number of anilines is 1. The topological polar surface area (TPSA) is 77.1 Å². The fraction of sp³-hybridized carbons (Fsp3) is 0.467. The van der Waals surface area contributed by atoms with Crippen molar-refractivity contribution < 1.29 is 23.8 Å². The highest BCUT2D eigenvalue weighted by Crippen LogP contribution is 2.35. The minimum absolute atomic E-state index is 0.121. The molecule has 1 heterocycles. The molecule has 0 atom stereocenters. The minimum Gasteiger partial charge on any atom is -0.454 e. The minimum atomic E-state index is -0.136. The van der Waals surface area contributed by atoms with Crippen LogP contribution in [0.5, 0.6) is 11.5 Å². The van der Waals surface area contributed by atoms with Crippen LogP contribution in [-0.4, -0.2) is 45.4 Å². The Bertz CT molecular complexity index is 547. The first-order valence-corrected chi connectivity index (χ1v) is 7.05. The molecule has 1 N–H and O–H groups in total. The lowest BCUT2D eigenvalue weighted by Crippen LogP contribution is -2.34. The Hall–Kier alpha value is -2.28. The third-order valence-electron chi connectivity index (χ3n) is 3.24. The molecule has 0 radical (unpaired) electrons. The molecule has 2 amide bonds. The maximum Gasteiger partial charge on any atom is 0.231 e. The summed E-state index contributed by atoms with van der Waals surface area (Å²) in [5, 5.41) is 2.72. The molecule has 1 aromatic rings. The third-order valence-corrected chi connectivity index (χ3v) is 3.24. The average molecular weight is 308 g/mol. The standard InChI is InChI=1S/C15H20N2O5/c1-11(18)17(7-5-15(19)16-6-8-20-2)12-3-4-13-14(9-12)22-10-21-13/h3-4,9H,5-8,10H2,1-2H3,(H,16,19). The van der Waals surface area contributed by atoms with E-state index in [2.05, 4.69) is 5.32 Å². The van der Waals surface area contributed by atoms with E-state index in [4.69, 9.17) is 14.2 Å². The SMILES string of the molecule is COCCNC(=O)CCN(C(C)=O)c1ccc2c(c1)OCO2. The maximum atomic E-state index is 11.8. The molecule has 2 rings (SSSR count). The maximum absolute atomic E-state index is 11.8. The number of fused-ring (bicyclic) bond motifs is 1. The van der Waals surface area contributed by atoms with Gasteiger partial charge in [0.05, 0.1) is 6.61 Å². The Morgan fingerprint density at radius 2 is 2.09 bits per heavy atom. The van der Waals surface area contributed by atoms with Crippen molar-refractivity contribution >= 4 is 17.5 Å². The Morgan fingerprint density at radius 1 is 1.32 bits per heavy atom. The quantitative estimate of drug-likeness (QED) is 0.758. The van der Waals surface area contributed by atoms with E-state index in [1.54, 1.807) is 25.3 Å². The van der Waals surface area contributed by atoms with Gasteiger partial charge in [-0.3, -0.25) is 9.59 Å². The normalized spacial score (nSPS) is 12.1. The van der Waals surface area contributed by atoms with Crippen molar-refractivity contribution in [3.8, 4) is 11.5 Å². The van der Waals surface area contributed by atoms with Crippen molar-refractivity contribution in [3.05, 3.63) is 18.2 Å². The van der Waals surface area contributed by atoms with Gasteiger partial charge in [0.25, 0.3) is 0 Å². The summed E-state index contributed by atoms with van der Waals surface area (Å²) < 4.78 is 15.4. The fourth-order valence-electron chi connectivity index (χ4n) is 2.12. The third kappa shape index (κ3) is 4.11. The molecule has 1 aliphatic rings. The van der Waals surface area contributed by atoms with Crippen LogP contribution in [-0.2, 0) is 14.3 Å². The van der Waals surface area contributed by atoms with E-state index in [0.717, 1.165) is 0 Å². The predicted octanol–water partition coefficient (Wildman–Crippen LogP) is 0.921. The Balaban J connectivity index is 1.95. The Kier molecular flexibility index (Phi) is 5.60. The second-order valence-electron chi connectivity index (χ2n) is 4.80. The Labute approximate surface area is 129 Å². The van der Waals surface area contributed by atoms with Crippen LogP contribution in [0, 0.1) is 0 Å². The molecule has 120 valence electrons. The van der Waals surface area contributed by atoms with Crippen molar-refractivity contribution in [1.82, 2.24) is 5.32 Å². The van der Waals surface area contributed by atoms with Gasteiger partial charge >= 0.3 is 0 Å². The first kappa shape index (κ1) is 16.1. The van der Waals surface area contributed by atoms with Gasteiger partial charge < -0.3 is 24.4 Å². The van der Waals surface area contributed by atoms with Crippen LogP contribution >= 0.6 is 0 Å². The molecule has 0 unspecified atom stereocenters. The lowest BCUT2D eigenvalue weighted by Gasteiger charge is -2.21. The summed E-state index contributed by atoms with van der Waals surface area (Å²) in [6, 6.07) is 5.27. The molecule has 0 saturated heterocycles. The highest BCUT2D eigenvalue weighted by molar-refractivity contribution is 5.92. The molecular formula is C15H20N2O5. The summed E-state index contributed by atoms with van der Waals surface area (Å²) in [6.07, 6.45) is 0.220. The first-order chi connectivity index (χ1) is 10.6. The van der Waals surface area contributed by atoms with Crippen molar-refractivity contribution in [1.29, 1.82) is 0 Å². The number of rotatable bonds is 7. The van der Waals surface area contributed by atoms with E-state index in [-0.39, 0.29) is 25.0 Å².